The van der Waals surface area contributed by atoms with Gasteiger partial charge in [-0.25, -0.2) is 0 Å². The zero-order chi connectivity index (χ0) is 30.3. The standard InChI is InChI=1S/C32H52N4O5S/c1-5-14-34(15-6-2)28(38)25-26-29(39)36(17-10-8-9-11-22-37)27(32(26)13-12-31(25,4)42-32)30(40)35(16-7-3)19-18-33-20-23-41-24-21-33/h5,7,25-27,37H,1,3,6,8-24H2,2,4H3/t25-,26-,27?,31+,32?/m0/s1. The molecule has 0 aromatic heterocycles. The number of aliphatic hydroxyl groups is 1. The highest BCUT2D eigenvalue weighted by Crippen LogP contribution is 2.71. The maximum absolute atomic E-state index is 14.6. The summed E-state index contributed by atoms with van der Waals surface area (Å²) < 4.78 is 4.51. The molecule has 236 valence electrons. The Hall–Kier alpha value is -1.88. The first-order valence-electron chi connectivity index (χ1n) is 16.0. The normalized spacial score (nSPS) is 30.4. The summed E-state index contributed by atoms with van der Waals surface area (Å²) in [6.07, 6.45) is 9.21. The van der Waals surface area contributed by atoms with Crippen LogP contribution < -0.4 is 0 Å². The summed E-state index contributed by atoms with van der Waals surface area (Å²) in [4.78, 5) is 51.2. The molecule has 5 atom stereocenters. The third-order valence-corrected chi connectivity index (χ3v) is 11.7. The van der Waals surface area contributed by atoms with E-state index in [9.17, 15) is 19.5 Å². The van der Waals surface area contributed by atoms with Crippen molar-refractivity contribution in [1.29, 1.82) is 0 Å². The zero-order valence-electron chi connectivity index (χ0n) is 25.8. The predicted molar refractivity (Wildman–Crippen MR) is 167 cm³/mol. The van der Waals surface area contributed by atoms with Crippen LogP contribution in [0.4, 0.5) is 0 Å². The zero-order valence-corrected chi connectivity index (χ0v) is 26.6. The predicted octanol–water partition coefficient (Wildman–Crippen LogP) is 2.79. The van der Waals surface area contributed by atoms with Gasteiger partial charge in [0.05, 0.1) is 29.8 Å². The molecule has 4 heterocycles. The van der Waals surface area contributed by atoms with Crippen LogP contribution in [0.2, 0.25) is 0 Å². The molecule has 10 heteroatoms. The quantitative estimate of drug-likeness (QED) is 0.202. The Balaban J connectivity index is 1.65. The fraction of sp³-hybridized carbons (Fsp3) is 0.781. The smallest absolute Gasteiger partial charge is 0.247 e. The van der Waals surface area contributed by atoms with Gasteiger partial charge in [0.1, 0.15) is 6.04 Å². The van der Waals surface area contributed by atoms with Gasteiger partial charge in [0, 0.05) is 63.7 Å². The average molecular weight is 605 g/mol. The number of likely N-dealkylation sites (tertiary alicyclic amines) is 1. The highest BCUT2D eigenvalue weighted by molar-refractivity contribution is 8.02. The van der Waals surface area contributed by atoms with Gasteiger partial charge in [-0.3, -0.25) is 19.3 Å². The number of carbonyl (C=O) groups is 3. The molecule has 2 bridgehead atoms. The summed E-state index contributed by atoms with van der Waals surface area (Å²) >= 11 is 1.75. The molecule has 1 N–H and O–H groups in total. The van der Waals surface area contributed by atoms with Gasteiger partial charge in [0.2, 0.25) is 17.7 Å². The number of hydrogen-bond donors (Lipinski definition) is 1. The molecule has 4 aliphatic rings. The fourth-order valence-corrected chi connectivity index (χ4v) is 10.0. The number of nitrogens with zero attached hydrogens (tertiary/aromatic N) is 4. The minimum absolute atomic E-state index is 0.0178. The molecule has 0 saturated carbocycles. The number of amides is 3. The van der Waals surface area contributed by atoms with Crippen molar-refractivity contribution in [2.24, 2.45) is 11.8 Å². The van der Waals surface area contributed by atoms with E-state index >= 15 is 0 Å². The van der Waals surface area contributed by atoms with Crippen LogP contribution in [0.15, 0.2) is 25.3 Å². The first-order chi connectivity index (χ1) is 20.3. The number of aliphatic hydroxyl groups excluding tert-OH is 1. The van der Waals surface area contributed by atoms with E-state index in [1.165, 1.54) is 0 Å². The van der Waals surface area contributed by atoms with Gasteiger partial charge in [-0.1, -0.05) is 31.9 Å². The van der Waals surface area contributed by atoms with E-state index < -0.39 is 22.6 Å². The van der Waals surface area contributed by atoms with Crippen LogP contribution in [0, 0.1) is 11.8 Å². The Morgan fingerprint density at radius 2 is 1.69 bits per heavy atom. The number of carbonyl (C=O) groups excluding carboxylic acids is 3. The van der Waals surface area contributed by atoms with Crippen LogP contribution in [-0.2, 0) is 19.1 Å². The molecule has 4 saturated heterocycles. The summed E-state index contributed by atoms with van der Waals surface area (Å²) in [6.45, 7) is 18.6. The topological polar surface area (TPSA) is 93.6 Å². The lowest BCUT2D eigenvalue weighted by Gasteiger charge is -2.38. The van der Waals surface area contributed by atoms with Crippen molar-refractivity contribution in [3.8, 4) is 0 Å². The molecule has 0 aromatic carbocycles. The second-order valence-electron chi connectivity index (χ2n) is 12.5. The Labute approximate surface area is 256 Å². The Morgan fingerprint density at radius 3 is 2.33 bits per heavy atom. The Bertz CT molecular complexity index is 990. The Kier molecular flexibility index (Phi) is 11.6. The first kappa shape index (κ1) is 33.0. The first-order valence-corrected chi connectivity index (χ1v) is 16.8. The van der Waals surface area contributed by atoms with Gasteiger partial charge in [0.15, 0.2) is 0 Å². The Morgan fingerprint density at radius 1 is 1.02 bits per heavy atom. The van der Waals surface area contributed by atoms with Crippen LogP contribution in [0.5, 0.6) is 0 Å². The van der Waals surface area contributed by atoms with Crippen molar-refractivity contribution in [3.05, 3.63) is 25.3 Å². The lowest BCUT2D eigenvalue weighted by atomic mass is 9.66. The van der Waals surface area contributed by atoms with Crippen molar-refractivity contribution in [2.75, 3.05) is 72.2 Å². The van der Waals surface area contributed by atoms with Gasteiger partial charge < -0.3 is 24.5 Å². The van der Waals surface area contributed by atoms with Gasteiger partial charge in [0.25, 0.3) is 0 Å². The van der Waals surface area contributed by atoms with Crippen molar-refractivity contribution in [2.45, 2.75) is 74.3 Å². The summed E-state index contributed by atoms with van der Waals surface area (Å²) in [5, 5.41) is 9.22. The molecule has 0 aromatic rings. The van der Waals surface area contributed by atoms with Crippen molar-refractivity contribution in [1.82, 2.24) is 19.6 Å². The molecule has 0 aliphatic carbocycles. The van der Waals surface area contributed by atoms with Crippen LogP contribution in [0.25, 0.3) is 0 Å². The maximum Gasteiger partial charge on any atom is 0.247 e. The van der Waals surface area contributed by atoms with Crippen LogP contribution in [-0.4, -0.2) is 130 Å². The van der Waals surface area contributed by atoms with Crippen LogP contribution in [0.3, 0.4) is 0 Å². The van der Waals surface area contributed by atoms with E-state index in [0.29, 0.717) is 45.9 Å². The van der Waals surface area contributed by atoms with Gasteiger partial charge in [-0.05, 0) is 39.0 Å². The largest absolute Gasteiger partial charge is 0.396 e. The highest BCUT2D eigenvalue weighted by Gasteiger charge is 2.77. The summed E-state index contributed by atoms with van der Waals surface area (Å²) in [7, 11) is 0. The van der Waals surface area contributed by atoms with Crippen LogP contribution in [0.1, 0.15) is 58.8 Å². The number of rotatable bonds is 17. The van der Waals surface area contributed by atoms with Crippen LogP contribution >= 0.6 is 11.8 Å². The fourth-order valence-electron chi connectivity index (χ4n) is 7.69. The monoisotopic (exact) mass is 604 g/mol. The summed E-state index contributed by atoms with van der Waals surface area (Å²) in [6, 6.07) is -0.596. The second-order valence-corrected chi connectivity index (χ2v) is 14.4. The molecule has 1 spiro atoms. The van der Waals surface area contributed by atoms with Gasteiger partial charge >= 0.3 is 0 Å². The third-order valence-electron chi connectivity index (χ3n) is 9.69. The van der Waals surface area contributed by atoms with Crippen molar-refractivity contribution >= 4 is 29.5 Å². The second kappa shape index (κ2) is 14.7. The minimum Gasteiger partial charge on any atom is -0.396 e. The molecule has 3 amide bonds. The number of unbranched alkanes of at least 4 members (excludes halogenated alkanes) is 3. The highest BCUT2D eigenvalue weighted by atomic mass is 32.2. The molecule has 2 unspecified atom stereocenters. The SMILES string of the molecule is C=CCN(CCN1CCOCC1)C(=O)C1N(CCCCCCO)C(=O)[C@@H]2[C@@H](C(=O)N(CC=C)CCC)[C@@]3(C)CCC12S3. The van der Waals surface area contributed by atoms with E-state index in [1.54, 1.807) is 23.9 Å². The van der Waals surface area contributed by atoms with E-state index in [2.05, 4.69) is 31.9 Å². The van der Waals surface area contributed by atoms with Crippen molar-refractivity contribution < 1.29 is 24.2 Å². The number of ether oxygens (including phenoxy) is 1. The lowest BCUT2D eigenvalue weighted by molar-refractivity contribution is -0.145. The molecular formula is C32H52N4O5S. The van der Waals surface area contributed by atoms with Gasteiger partial charge in [-0.2, -0.15) is 0 Å². The summed E-state index contributed by atoms with van der Waals surface area (Å²) in [5.41, 5.74) is 0. The van der Waals surface area contributed by atoms with E-state index in [1.807, 2.05) is 14.7 Å². The van der Waals surface area contributed by atoms with E-state index in [4.69, 9.17) is 4.74 Å². The third kappa shape index (κ3) is 6.47. The molecule has 4 aliphatic heterocycles. The number of thioether (sulfide) groups is 1. The average Bonchev–Trinajstić information content (AvgIpc) is 3.55. The van der Waals surface area contributed by atoms with Gasteiger partial charge in [-0.15, -0.1) is 24.9 Å². The minimum atomic E-state index is -0.612. The van der Waals surface area contributed by atoms with E-state index in [0.717, 1.165) is 64.6 Å². The lowest BCUT2D eigenvalue weighted by Crippen LogP contribution is -2.56. The molecule has 42 heavy (non-hydrogen) atoms. The van der Waals surface area contributed by atoms with Crippen molar-refractivity contribution in [3.63, 3.8) is 0 Å². The number of morpholine rings is 1. The maximum atomic E-state index is 14.6. The summed E-state index contributed by atoms with van der Waals surface area (Å²) in [5.74, 6) is -0.986. The number of hydrogen-bond acceptors (Lipinski definition) is 7. The molecule has 4 rings (SSSR count). The van der Waals surface area contributed by atoms with E-state index in [-0.39, 0.29) is 29.1 Å². The molecule has 0 radical (unpaired) electrons. The molecular weight excluding hydrogens is 552 g/mol. The molecule has 4 fully saturated rings. The number of fused-ring (bicyclic) bond motifs is 1. The molecule has 9 nitrogen and oxygen atoms in total.